The Labute approximate surface area is 103 Å². The van der Waals surface area contributed by atoms with Crippen LogP contribution in [0.1, 0.15) is 36.9 Å². The lowest BCUT2D eigenvalue weighted by Gasteiger charge is -2.30. The molecule has 0 N–H and O–H groups in total. The second-order valence-corrected chi connectivity index (χ2v) is 4.95. The van der Waals surface area contributed by atoms with E-state index < -0.39 is 0 Å². The van der Waals surface area contributed by atoms with Gasteiger partial charge in [-0.1, -0.05) is 6.07 Å². The van der Waals surface area contributed by atoms with Gasteiger partial charge in [0.2, 0.25) is 0 Å². The molecular weight excluding hydrogens is 212 g/mol. The van der Waals surface area contributed by atoms with Crippen molar-refractivity contribution in [1.29, 1.82) is 0 Å². The fourth-order valence-electron chi connectivity index (χ4n) is 2.41. The van der Waals surface area contributed by atoms with Crippen LogP contribution in [0, 0.1) is 6.92 Å². The summed E-state index contributed by atoms with van der Waals surface area (Å²) in [5.41, 5.74) is 2.39. The Balaban J connectivity index is 1.95. The van der Waals surface area contributed by atoms with E-state index in [1.165, 1.54) is 5.56 Å². The molecule has 1 aliphatic carbocycles. The highest BCUT2D eigenvalue weighted by atomic mass is 16.1. The molecule has 0 bridgehead atoms. The van der Waals surface area contributed by atoms with E-state index in [1.807, 2.05) is 12.3 Å². The Bertz CT molecular complexity index is 393. The van der Waals surface area contributed by atoms with Gasteiger partial charge in [0.1, 0.15) is 5.78 Å². The number of hydrogen-bond acceptors (Lipinski definition) is 3. The van der Waals surface area contributed by atoms with Crippen LogP contribution < -0.4 is 0 Å². The lowest BCUT2D eigenvalue weighted by molar-refractivity contribution is -0.121. The lowest BCUT2D eigenvalue weighted by Crippen LogP contribution is -2.35. The van der Waals surface area contributed by atoms with Crippen LogP contribution in [0.2, 0.25) is 0 Å². The molecule has 0 unspecified atom stereocenters. The van der Waals surface area contributed by atoms with E-state index >= 15 is 0 Å². The van der Waals surface area contributed by atoms with Gasteiger partial charge in [-0.3, -0.25) is 14.7 Å². The standard InChI is InChI=1S/C14H20N2O/c1-11-4-3-9-15-14(11)10-16(2)12-5-7-13(17)8-6-12/h3-4,9,12H,5-8,10H2,1-2H3. The minimum absolute atomic E-state index is 0.420. The van der Waals surface area contributed by atoms with E-state index in [-0.39, 0.29) is 0 Å². The Kier molecular flexibility index (Phi) is 3.89. The average Bonchev–Trinajstić information content (AvgIpc) is 2.33. The van der Waals surface area contributed by atoms with Gasteiger partial charge < -0.3 is 0 Å². The van der Waals surface area contributed by atoms with Crippen molar-refractivity contribution >= 4 is 5.78 Å². The molecule has 3 nitrogen and oxygen atoms in total. The molecule has 0 amide bonds. The van der Waals surface area contributed by atoms with Gasteiger partial charge in [0, 0.05) is 31.6 Å². The maximum atomic E-state index is 11.2. The van der Waals surface area contributed by atoms with E-state index in [2.05, 4.69) is 29.9 Å². The first-order valence-corrected chi connectivity index (χ1v) is 6.29. The molecule has 0 aromatic carbocycles. The fourth-order valence-corrected chi connectivity index (χ4v) is 2.41. The largest absolute Gasteiger partial charge is 0.300 e. The van der Waals surface area contributed by atoms with Crippen LogP contribution in [0.4, 0.5) is 0 Å². The fraction of sp³-hybridized carbons (Fsp3) is 0.571. The van der Waals surface area contributed by atoms with Gasteiger partial charge in [-0.05, 0) is 38.4 Å². The Morgan fingerprint density at radius 3 is 2.76 bits per heavy atom. The smallest absolute Gasteiger partial charge is 0.133 e. The van der Waals surface area contributed by atoms with E-state index in [1.54, 1.807) is 0 Å². The van der Waals surface area contributed by atoms with Crippen LogP contribution in [0.25, 0.3) is 0 Å². The summed E-state index contributed by atoms with van der Waals surface area (Å²) in [7, 11) is 2.13. The Hall–Kier alpha value is -1.22. The summed E-state index contributed by atoms with van der Waals surface area (Å²) in [6.07, 6.45) is 5.34. The predicted molar refractivity (Wildman–Crippen MR) is 67.7 cm³/mol. The third-order valence-electron chi connectivity index (χ3n) is 3.65. The van der Waals surface area contributed by atoms with Crippen LogP contribution in [0.15, 0.2) is 18.3 Å². The van der Waals surface area contributed by atoms with Crippen molar-refractivity contribution in [3.8, 4) is 0 Å². The molecule has 17 heavy (non-hydrogen) atoms. The SMILES string of the molecule is Cc1cccnc1CN(C)C1CCC(=O)CC1. The van der Waals surface area contributed by atoms with Gasteiger partial charge >= 0.3 is 0 Å². The first kappa shape index (κ1) is 12.2. The van der Waals surface area contributed by atoms with Crippen LogP contribution in [-0.4, -0.2) is 28.8 Å². The maximum absolute atomic E-state index is 11.2. The first-order valence-electron chi connectivity index (χ1n) is 6.29. The van der Waals surface area contributed by atoms with Gasteiger partial charge in [0.15, 0.2) is 0 Å². The van der Waals surface area contributed by atoms with E-state index in [0.29, 0.717) is 11.8 Å². The summed E-state index contributed by atoms with van der Waals surface area (Å²) < 4.78 is 0. The van der Waals surface area contributed by atoms with Gasteiger partial charge in [0.25, 0.3) is 0 Å². The Morgan fingerprint density at radius 2 is 2.12 bits per heavy atom. The zero-order valence-corrected chi connectivity index (χ0v) is 10.6. The molecule has 0 radical (unpaired) electrons. The Morgan fingerprint density at radius 1 is 1.41 bits per heavy atom. The number of carbonyl (C=O) groups is 1. The highest BCUT2D eigenvalue weighted by molar-refractivity contribution is 5.79. The normalized spacial score (nSPS) is 17.7. The predicted octanol–water partition coefficient (Wildman–Crippen LogP) is 2.33. The van der Waals surface area contributed by atoms with E-state index in [9.17, 15) is 4.79 Å². The molecule has 1 aromatic heterocycles. The molecule has 0 aliphatic heterocycles. The highest BCUT2D eigenvalue weighted by Gasteiger charge is 2.22. The van der Waals surface area contributed by atoms with Gasteiger partial charge in [0.05, 0.1) is 5.69 Å². The van der Waals surface area contributed by atoms with Crippen molar-refractivity contribution in [2.45, 2.75) is 45.2 Å². The van der Waals surface area contributed by atoms with E-state index in [0.717, 1.165) is 37.9 Å². The van der Waals surface area contributed by atoms with Crippen molar-refractivity contribution in [2.24, 2.45) is 0 Å². The van der Waals surface area contributed by atoms with Crippen molar-refractivity contribution in [3.63, 3.8) is 0 Å². The molecule has 2 rings (SSSR count). The van der Waals surface area contributed by atoms with Crippen molar-refractivity contribution < 1.29 is 4.79 Å². The van der Waals surface area contributed by atoms with Crippen LogP contribution in [0.5, 0.6) is 0 Å². The number of aryl methyl sites for hydroxylation is 1. The van der Waals surface area contributed by atoms with E-state index in [4.69, 9.17) is 0 Å². The first-order chi connectivity index (χ1) is 8.16. The zero-order chi connectivity index (χ0) is 12.3. The molecule has 0 saturated heterocycles. The minimum atomic E-state index is 0.420. The third-order valence-corrected chi connectivity index (χ3v) is 3.65. The van der Waals surface area contributed by atoms with Crippen molar-refractivity contribution in [2.75, 3.05) is 7.05 Å². The lowest BCUT2D eigenvalue weighted by atomic mass is 9.93. The van der Waals surface area contributed by atoms with Gasteiger partial charge in [-0.25, -0.2) is 0 Å². The number of Topliss-reactive ketones (excluding diaryl/α,β-unsaturated/α-hetero) is 1. The molecule has 0 spiro atoms. The quantitative estimate of drug-likeness (QED) is 0.802. The number of pyridine rings is 1. The van der Waals surface area contributed by atoms with Crippen molar-refractivity contribution in [3.05, 3.63) is 29.6 Å². The number of aromatic nitrogens is 1. The topological polar surface area (TPSA) is 33.2 Å². The second-order valence-electron chi connectivity index (χ2n) is 4.95. The molecule has 1 aromatic rings. The molecule has 1 heterocycles. The van der Waals surface area contributed by atoms with Gasteiger partial charge in [-0.2, -0.15) is 0 Å². The maximum Gasteiger partial charge on any atom is 0.133 e. The summed E-state index contributed by atoms with van der Waals surface area (Å²) in [6, 6.07) is 4.60. The second kappa shape index (κ2) is 5.41. The number of rotatable bonds is 3. The van der Waals surface area contributed by atoms with Crippen LogP contribution in [0.3, 0.4) is 0 Å². The number of ketones is 1. The van der Waals surface area contributed by atoms with Crippen molar-refractivity contribution in [1.82, 2.24) is 9.88 Å². The third kappa shape index (κ3) is 3.13. The van der Waals surface area contributed by atoms with Crippen LogP contribution >= 0.6 is 0 Å². The molecular formula is C14H20N2O. The summed E-state index contributed by atoms with van der Waals surface area (Å²) >= 11 is 0. The summed E-state index contributed by atoms with van der Waals surface area (Å²) in [5, 5.41) is 0. The molecule has 92 valence electrons. The highest BCUT2D eigenvalue weighted by Crippen LogP contribution is 2.21. The zero-order valence-electron chi connectivity index (χ0n) is 10.6. The minimum Gasteiger partial charge on any atom is -0.300 e. The monoisotopic (exact) mass is 232 g/mol. The summed E-state index contributed by atoms with van der Waals surface area (Å²) in [5.74, 6) is 0.420. The number of carbonyl (C=O) groups excluding carboxylic acids is 1. The molecule has 1 fully saturated rings. The van der Waals surface area contributed by atoms with Gasteiger partial charge in [-0.15, -0.1) is 0 Å². The summed E-state index contributed by atoms with van der Waals surface area (Å²) in [6.45, 7) is 2.98. The number of nitrogens with zero attached hydrogens (tertiary/aromatic N) is 2. The molecule has 3 heteroatoms. The summed E-state index contributed by atoms with van der Waals surface area (Å²) in [4.78, 5) is 18.0. The molecule has 1 aliphatic rings. The molecule has 1 saturated carbocycles. The average molecular weight is 232 g/mol. The molecule has 0 atom stereocenters. The number of hydrogen-bond donors (Lipinski definition) is 0. The van der Waals surface area contributed by atoms with Crippen LogP contribution in [-0.2, 0) is 11.3 Å².